The maximum absolute atomic E-state index is 9.25. The first-order valence-electron chi connectivity index (χ1n) is 6.24. The predicted molar refractivity (Wildman–Crippen MR) is 77.1 cm³/mol. The van der Waals surface area contributed by atoms with E-state index in [-0.39, 0.29) is 5.75 Å². The molecule has 1 heterocycles. The molecule has 0 amide bonds. The summed E-state index contributed by atoms with van der Waals surface area (Å²) in [7, 11) is 0. The topological polar surface area (TPSA) is 77.0 Å². The summed E-state index contributed by atoms with van der Waals surface area (Å²) >= 11 is 0. The van der Waals surface area contributed by atoms with Gasteiger partial charge in [0.25, 0.3) is 0 Å². The summed E-state index contributed by atoms with van der Waals surface area (Å²) in [6.45, 7) is 0.613. The summed E-state index contributed by atoms with van der Waals surface area (Å²) in [6.07, 6.45) is 1.69. The molecular formula is C15H14N4O. The molecular weight excluding hydrogens is 252 g/mol. The van der Waals surface area contributed by atoms with E-state index >= 15 is 0 Å². The van der Waals surface area contributed by atoms with E-state index in [1.165, 1.54) is 0 Å². The number of nitrogens with two attached hydrogens (primary N) is 1. The molecule has 0 unspecified atom stereocenters. The van der Waals surface area contributed by atoms with Crippen molar-refractivity contribution in [3.05, 3.63) is 60.4 Å². The van der Waals surface area contributed by atoms with Gasteiger partial charge in [-0.1, -0.05) is 12.1 Å². The van der Waals surface area contributed by atoms with Crippen molar-refractivity contribution in [2.45, 2.75) is 6.54 Å². The van der Waals surface area contributed by atoms with E-state index < -0.39 is 0 Å². The molecule has 3 N–H and O–H groups in total. The maximum Gasteiger partial charge on any atom is 0.181 e. The lowest BCUT2D eigenvalue weighted by Crippen LogP contribution is -2.00. The number of benzene rings is 2. The minimum Gasteiger partial charge on any atom is -0.508 e. The molecule has 0 radical (unpaired) electrons. The molecule has 3 aromatic rings. The van der Waals surface area contributed by atoms with Gasteiger partial charge in [0.15, 0.2) is 5.82 Å². The number of rotatable bonds is 3. The van der Waals surface area contributed by atoms with Crippen LogP contribution in [0.1, 0.15) is 5.56 Å². The van der Waals surface area contributed by atoms with E-state index in [1.807, 2.05) is 36.4 Å². The van der Waals surface area contributed by atoms with Gasteiger partial charge in [0.1, 0.15) is 12.1 Å². The second-order valence-corrected chi connectivity index (χ2v) is 4.55. The van der Waals surface area contributed by atoms with Gasteiger partial charge in [0.2, 0.25) is 0 Å². The van der Waals surface area contributed by atoms with Gasteiger partial charge in [0, 0.05) is 11.3 Å². The average molecular weight is 266 g/mol. The Morgan fingerprint density at radius 3 is 2.40 bits per heavy atom. The molecule has 2 aromatic carbocycles. The molecule has 20 heavy (non-hydrogen) atoms. The van der Waals surface area contributed by atoms with Crippen LogP contribution >= 0.6 is 0 Å². The molecule has 100 valence electrons. The number of nitrogen functional groups attached to an aromatic ring is 1. The molecule has 0 aliphatic heterocycles. The molecule has 5 nitrogen and oxygen atoms in total. The van der Waals surface area contributed by atoms with E-state index in [0.29, 0.717) is 12.4 Å². The molecule has 0 saturated carbocycles. The highest BCUT2D eigenvalue weighted by molar-refractivity contribution is 5.57. The zero-order valence-corrected chi connectivity index (χ0v) is 10.8. The summed E-state index contributed by atoms with van der Waals surface area (Å²) in [5, 5.41) is 13.7. The third-order valence-electron chi connectivity index (χ3n) is 2.99. The molecule has 0 fully saturated rings. The highest BCUT2D eigenvalue weighted by atomic mass is 16.3. The van der Waals surface area contributed by atoms with Crippen LogP contribution in [-0.2, 0) is 6.54 Å². The van der Waals surface area contributed by atoms with Crippen molar-refractivity contribution in [2.24, 2.45) is 0 Å². The molecule has 0 aliphatic rings. The van der Waals surface area contributed by atoms with E-state index in [9.17, 15) is 5.11 Å². The highest BCUT2D eigenvalue weighted by Gasteiger charge is 2.04. The number of phenols is 1. The largest absolute Gasteiger partial charge is 0.508 e. The van der Waals surface area contributed by atoms with Crippen molar-refractivity contribution in [3.63, 3.8) is 0 Å². The third kappa shape index (κ3) is 2.61. The number of aromatic hydroxyl groups is 1. The van der Waals surface area contributed by atoms with Crippen molar-refractivity contribution in [2.75, 3.05) is 5.73 Å². The van der Waals surface area contributed by atoms with Crippen LogP contribution in [-0.4, -0.2) is 19.9 Å². The molecule has 0 saturated heterocycles. The first-order valence-corrected chi connectivity index (χ1v) is 6.24. The van der Waals surface area contributed by atoms with E-state index in [2.05, 4.69) is 10.1 Å². The van der Waals surface area contributed by atoms with Crippen molar-refractivity contribution >= 4 is 5.69 Å². The monoisotopic (exact) mass is 266 g/mol. The van der Waals surface area contributed by atoms with Crippen molar-refractivity contribution in [1.29, 1.82) is 0 Å². The van der Waals surface area contributed by atoms with Gasteiger partial charge >= 0.3 is 0 Å². The lowest BCUT2D eigenvalue weighted by molar-refractivity contribution is 0.475. The Morgan fingerprint density at radius 1 is 1.00 bits per heavy atom. The van der Waals surface area contributed by atoms with Gasteiger partial charge < -0.3 is 10.8 Å². The zero-order valence-electron chi connectivity index (χ0n) is 10.8. The SMILES string of the molecule is Nc1ccc(-c2ncn(Cc3ccc(O)cc3)n2)cc1. The number of nitrogens with zero attached hydrogens (tertiary/aromatic N) is 3. The highest BCUT2D eigenvalue weighted by Crippen LogP contribution is 2.16. The van der Waals surface area contributed by atoms with E-state index in [1.54, 1.807) is 23.1 Å². The van der Waals surface area contributed by atoms with Crippen molar-refractivity contribution in [1.82, 2.24) is 14.8 Å². The van der Waals surface area contributed by atoms with Crippen LogP contribution in [0.4, 0.5) is 5.69 Å². The van der Waals surface area contributed by atoms with Gasteiger partial charge in [-0.15, -0.1) is 0 Å². The third-order valence-corrected chi connectivity index (χ3v) is 2.99. The van der Waals surface area contributed by atoms with Crippen LogP contribution in [0.2, 0.25) is 0 Å². The molecule has 0 atom stereocenters. The standard InChI is InChI=1S/C15H14N4O/c16-13-5-3-12(4-6-13)15-17-10-19(18-15)9-11-1-7-14(20)8-2-11/h1-8,10,20H,9,16H2. The fourth-order valence-electron chi connectivity index (χ4n) is 1.92. The van der Waals surface area contributed by atoms with Gasteiger partial charge in [-0.05, 0) is 42.0 Å². The predicted octanol–water partition coefficient (Wildman–Crippen LogP) is 2.28. The second-order valence-electron chi connectivity index (χ2n) is 4.55. The Hall–Kier alpha value is -2.82. The van der Waals surface area contributed by atoms with Gasteiger partial charge in [-0.3, -0.25) is 0 Å². The molecule has 0 aliphatic carbocycles. The van der Waals surface area contributed by atoms with Crippen LogP contribution < -0.4 is 5.73 Å². The Bertz CT molecular complexity index is 701. The van der Waals surface area contributed by atoms with E-state index in [4.69, 9.17) is 5.73 Å². The molecule has 3 rings (SSSR count). The normalized spacial score (nSPS) is 10.6. The minimum absolute atomic E-state index is 0.259. The van der Waals surface area contributed by atoms with Gasteiger partial charge in [0.05, 0.1) is 6.54 Å². The van der Waals surface area contributed by atoms with Crippen LogP contribution in [0.5, 0.6) is 5.75 Å². The lowest BCUT2D eigenvalue weighted by Gasteiger charge is -2.01. The second kappa shape index (κ2) is 5.05. The van der Waals surface area contributed by atoms with Crippen molar-refractivity contribution < 1.29 is 5.11 Å². The summed E-state index contributed by atoms with van der Waals surface area (Å²) in [6, 6.07) is 14.5. The smallest absolute Gasteiger partial charge is 0.181 e. The van der Waals surface area contributed by atoms with Gasteiger partial charge in [-0.25, -0.2) is 9.67 Å². The molecule has 0 spiro atoms. The number of phenolic OH excluding ortho intramolecular Hbond substituents is 1. The van der Waals surface area contributed by atoms with E-state index in [0.717, 1.165) is 16.8 Å². The van der Waals surface area contributed by atoms with Gasteiger partial charge in [-0.2, -0.15) is 5.10 Å². The van der Waals surface area contributed by atoms with Crippen LogP contribution in [0.3, 0.4) is 0 Å². The zero-order chi connectivity index (χ0) is 13.9. The number of hydrogen-bond acceptors (Lipinski definition) is 4. The van der Waals surface area contributed by atoms with Crippen molar-refractivity contribution in [3.8, 4) is 17.1 Å². The summed E-state index contributed by atoms with van der Waals surface area (Å²) in [4.78, 5) is 4.29. The fraction of sp³-hybridized carbons (Fsp3) is 0.0667. The molecule has 1 aromatic heterocycles. The first kappa shape index (κ1) is 12.2. The van der Waals surface area contributed by atoms with Crippen LogP contribution in [0.15, 0.2) is 54.9 Å². The molecule has 5 heteroatoms. The Labute approximate surface area is 116 Å². The quantitative estimate of drug-likeness (QED) is 0.713. The minimum atomic E-state index is 0.259. The summed E-state index contributed by atoms with van der Waals surface area (Å²) < 4.78 is 1.76. The maximum atomic E-state index is 9.25. The summed E-state index contributed by atoms with van der Waals surface area (Å²) in [5.41, 5.74) is 8.36. The number of aromatic nitrogens is 3. The lowest BCUT2D eigenvalue weighted by atomic mass is 10.2. The Balaban J connectivity index is 1.80. The average Bonchev–Trinajstić information content (AvgIpc) is 2.91. The Kier molecular flexibility index (Phi) is 3.09. The Morgan fingerprint density at radius 2 is 1.70 bits per heavy atom. The number of hydrogen-bond donors (Lipinski definition) is 2. The van der Waals surface area contributed by atoms with Crippen LogP contribution in [0, 0.1) is 0 Å². The summed E-state index contributed by atoms with van der Waals surface area (Å²) in [5.74, 6) is 0.929. The molecule has 0 bridgehead atoms. The fourth-order valence-corrected chi connectivity index (χ4v) is 1.92. The first-order chi connectivity index (χ1) is 9.70. The van der Waals surface area contributed by atoms with Crippen LogP contribution in [0.25, 0.3) is 11.4 Å². The number of anilines is 1.